The second-order valence-electron chi connectivity index (χ2n) is 2.99. The Hall–Kier alpha value is -1.37. The summed E-state index contributed by atoms with van der Waals surface area (Å²) >= 11 is 2.99. The predicted octanol–water partition coefficient (Wildman–Crippen LogP) is 3.25. The molecule has 1 aromatic carbocycles. The number of hydrogen-bond donors (Lipinski definition) is 1. The minimum Gasteiger partial charge on any atom is -0.253 e. The third-order valence-corrected chi connectivity index (χ3v) is 2.29. The molecule has 84 valence electrons. The van der Waals surface area contributed by atoms with Crippen molar-refractivity contribution >= 4 is 15.9 Å². The van der Waals surface area contributed by atoms with E-state index < -0.39 is 11.7 Å². The van der Waals surface area contributed by atoms with Gasteiger partial charge in [0.1, 0.15) is 0 Å². The molecule has 0 fully saturated rings. The van der Waals surface area contributed by atoms with Crippen molar-refractivity contribution in [2.45, 2.75) is 6.18 Å². The standard InChI is InChI=1S/C9H5BrF3N3/c10-8-14-7(15-16-8)5-3-1-2-4-6(5)9(11,12)13/h1-4H,(H,14,15,16). The molecule has 0 aliphatic carbocycles. The van der Waals surface area contributed by atoms with Crippen molar-refractivity contribution < 1.29 is 13.2 Å². The molecule has 0 saturated heterocycles. The van der Waals surface area contributed by atoms with Gasteiger partial charge in [0.05, 0.1) is 5.56 Å². The van der Waals surface area contributed by atoms with Gasteiger partial charge in [0.15, 0.2) is 10.6 Å². The van der Waals surface area contributed by atoms with E-state index in [1.165, 1.54) is 18.2 Å². The third kappa shape index (κ3) is 2.08. The van der Waals surface area contributed by atoms with Crippen LogP contribution in [0.25, 0.3) is 11.4 Å². The lowest BCUT2D eigenvalue weighted by Gasteiger charge is -2.09. The molecule has 3 nitrogen and oxygen atoms in total. The quantitative estimate of drug-likeness (QED) is 0.876. The molecular formula is C9H5BrF3N3. The van der Waals surface area contributed by atoms with E-state index in [4.69, 9.17) is 0 Å². The highest BCUT2D eigenvalue weighted by molar-refractivity contribution is 9.10. The minimum absolute atomic E-state index is 0.0137. The second-order valence-corrected chi connectivity index (χ2v) is 3.74. The molecule has 0 saturated carbocycles. The number of hydrogen-bond acceptors (Lipinski definition) is 2. The molecular weight excluding hydrogens is 287 g/mol. The number of aromatic nitrogens is 3. The van der Waals surface area contributed by atoms with Crippen LogP contribution in [-0.2, 0) is 6.18 Å². The van der Waals surface area contributed by atoms with Crippen LogP contribution in [0.4, 0.5) is 13.2 Å². The molecule has 1 aromatic heterocycles. The average molecular weight is 292 g/mol. The first kappa shape index (κ1) is 11.1. The maximum Gasteiger partial charge on any atom is 0.417 e. The number of alkyl halides is 3. The molecule has 0 aliphatic rings. The number of aromatic amines is 1. The molecule has 7 heteroatoms. The summed E-state index contributed by atoms with van der Waals surface area (Å²) < 4.78 is 38.3. The normalized spacial score (nSPS) is 11.8. The van der Waals surface area contributed by atoms with Crippen molar-refractivity contribution in [2.24, 2.45) is 0 Å². The van der Waals surface area contributed by atoms with E-state index in [9.17, 15) is 13.2 Å². The number of rotatable bonds is 1. The van der Waals surface area contributed by atoms with Crippen molar-refractivity contribution in [3.05, 3.63) is 34.6 Å². The fourth-order valence-electron chi connectivity index (χ4n) is 1.29. The van der Waals surface area contributed by atoms with E-state index in [2.05, 4.69) is 31.1 Å². The summed E-state index contributed by atoms with van der Waals surface area (Å²) in [6.07, 6.45) is -4.41. The third-order valence-electron chi connectivity index (χ3n) is 1.93. The van der Waals surface area contributed by atoms with Crippen LogP contribution in [0.3, 0.4) is 0 Å². The molecule has 2 aromatic rings. The highest BCUT2D eigenvalue weighted by atomic mass is 79.9. The van der Waals surface area contributed by atoms with E-state index >= 15 is 0 Å². The molecule has 0 bridgehead atoms. The summed E-state index contributed by atoms with van der Waals surface area (Å²) in [6, 6.07) is 5.17. The minimum atomic E-state index is -4.41. The first-order valence-corrected chi connectivity index (χ1v) is 5.02. The van der Waals surface area contributed by atoms with Gasteiger partial charge in [-0.2, -0.15) is 18.3 Å². The monoisotopic (exact) mass is 291 g/mol. The Bertz CT molecular complexity index is 507. The highest BCUT2D eigenvalue weighted by Gasteiger charge is 2.34. The van der Waals surface area contributed by atoms with E-state index in [0.29, 0.717) is 4.73 Å². The van der Waals surface area contributed by atoms with Gasteiger partial charge in [0.2, 0.25) is 0 Å². The summed E-state index contributed by atoms with van der Waals surface area (Å²) in [4.78, 5) is 3.81. The molecule has 16 heavy (non-hydrogen) atoms. The SMILES string of the molecule is FC(F)(F)c1ccccc1-c1n[nH]c(Br)n1. The van der Waals surface area contributed by atoms with Gasteiger partial charge < -0.3 is 0 Å². The number of benzene rings is 1. The molecule has 0 aliphatic heterocycles. The summed E-state index contributed by atoms with van der Waals surface area (Å²) in [5, 5.41) is 6.11. The Kier molecular flexibility index (Phi) is 2.71. The summed E-state index contributed by atoms with van der Waals surface area (Å²) in [7, 11) is 0. The number of halogens is 4. The first-order chi connectivity index (χ1) is 7.48. The van der Waals surface area contributed by atoms with Crippen molar-refractivity contribution in [3.63, 3.8) is 0 Å². The van der Waals surface area contributed by atoms with E-state index in [-0.39, 0.29) is 11.4 Å². The van der Waals surface area contributed by atoms with Crippen molar-refractivity contribution in [1.29, 1.82) is 0 Å². The van der Waals surface area contributed by atoms with Gasteiger partial charge in [-0.15, -0.1) is 0 Å². The fourth-order valence-corrected chi connectivity index (χ4v) is 1.54. The molecule has 0 atom stereocenters. The van der Waals surface area contributed by atoms with Crippen molar-refractivity contribution in [2.75, 3.05) is 0 Å². The Balaban J connectivity index is 2.57. The zero-order valence-corrected chi connectivity index (χ0v) is 9.30. The predicted molar refractivity (Wildman–Crippen MR) is 54.5 cm³/mol. The van der Waals surface area contributed by atoms with E-state index in [1.807, 2.05) is 0 Å². The van der Waals surface area contributed by atoms with Crippen LogP contribution in [0.15, 0.2) is 29.0 Å². The first-order valence-electron chi connectivity index (χ1n) is 4.23. The number of nitrogens with zero attached hydrogens (tertiary/aromatic N) is 2. The Morgan fingerprint density at radius 1 is 1.19 bits per heavy atom. The van der Waals surface area contributed by atoms with Crippen LogP contribution in [0.2, 0.25) is 0 Å². The van der Waals surface area contributed by atoms with E-state index in [0.717, 1.165) is 6.07 Å². The Morgan fingerprint density at radius 2 is 1.88 bits per heavy atom. The largest absolute Gasteiger partial charge is 0.417 e. The molecule has 2 rings (SSSR count). The highest BCUT2D eigenvalue weighted by Crippen LogP contribution is 2.35. The summed E-state index contributed by atoms with van der Waals surface area (Å²) in [5.74, 6) is 0.0137. The molecule has 0 unspecified atom stereocenters. The molecule has 0 radical (unpaired) electrons. The summed E-state index contributed by atoms with van der Waals surface area (Å²) in [6.45, 7) is 0. The topological polar surface area (TPSA) is 41.6 Å². The second kappa shape index (κ2) is 3.89. The van der Waals surface area contributed by atoms with Crippen LogP contribution in [-0.4, -0.2) is 15.2 Å². The molecule has 0 spiro atoms. The molecule has 0 amide bonds. The van der Waals surface area contributed by atoms with Crippen molar-refractivity contribution in [3.8, 4) is 11.4 Å². The fraction of sp³-hybridized carbons (Fsp3) is 0.111. The maximum absolute atomic E-state index is 12.7. The number of nitrogens with one attached hydrogen (secondary N) is 1. The smallest absolute Gasteiger partial charge is 0.253 e. The Labute approximate surface area is 96.8 Å². The van der Waals surface area contributed by atoms with Crippen LogP contribution in [0, 0.1) is 0 Å². The van der Waals surface area contributed by atoms with E-state index in [1.54, 1.807) is 0 Å². The van der Waals surface area contributed by atoms with Gasteiger partial charge in [-0.05, 0) is 22.0 Å². The van der Waals surface area contributed by atoms with Crippen molar-refractivity contribution in [1.82, 2.24) is 15.2 Å². The van der Waals surface area contributed by atoms with Gasteiger partial charge in [-0.1, -0.05) is 18.2 Å². The Morgan fingerprint density at radius 3 is 2.44 bits per heavy atom. The maximum atomic E-state index is 12.7. The zero-order chi connectivity index (χ0) is 11.8. The van der Waals surface area contributed by atoms with Crippen LogP contribution in [0.5, 0.6) is 0 Å². The van der Waals surface area contributed by atoms with Gasteiger partial charge in [0, 0.05) is 5.56 Å². The van der Waals surface area contributed by atoms with Gasteiger partial charge in [0.25, 0.3) is 0 Å². The molecule has 1 heterocycles. The lowest BCUT2D eigenvalue weighted by Crippen LogP contribution is -2.07. The van der Waals surface area contributed by atoms with Gasteiger partial charge >= 0.3 is 6.18 Å². The molecule has 1 N–H and O–H groups in total. The number of H-pyrrole nitrogens is 1. The van der Waals surface area contributed by atoms with Crippen LogP contribution < -0.4 is 0 Å². The average Bonchev–Trinajstić information content (AvgIpc) is 2.64. The summed E-state index contributed by atoms with van der Waals surface area (Å²) in [5.41, 5.74) is -0.793. The zero-order valence-electron chi connectivity index (χ0n) is 7.72. The van der Waals surface area contributed by atoms with Gasteiger partial charge in [-0.3, -0.25) is 5.10 Å². The lowest BCUT2D eigenvalue weighted by molar-refractivity contribution is -0.137. The lowest BCUT2D eigenvalue weighted by atomic mass is 10.1. The van der Waals surface area contributed by atoms with Crippen LogP contribution in [0.1, 0.15) is 5.56 Å². The van der Waals surface area contributed by atoms with Gasteiger partial charge in [-0.25, -0.2) is 4.98 Å². The van der Waals surface area contributed by atoms with Crippen LogP contribution >= 0.6 is 15.9 Å².